The average molecular weight is 563 g/mol. The Labute approximate surface area is 200 Å². The van der Waals surface area contributed by atoms with E-state index in [1.54, 1.807) is 30.3 Å². The molecule has 1 aliphatic heterocycles. The van der Waals surface area contributed by atoms with Crippen LogP contribution in [0, 0.1) is 0 Å². The third-order valence-corrected chi connectivity index (χ3v) is 5.90. The smallest absolute Gasteiger partial charge is 0.333 e. The van der Waals surface area contributed by atoms with E-state index < -0.39 is 11.9 Å². The molecule has 0 unspecified atom stereocenters. The van der Waals surface area contributed by atoms with Crippen LogP contribution in [0.1, 0.15) is 11.1 Å². The number of urea groups is 1. The summed E-state index contributed by atoms with van der Waals surface area (Å²) in [7, 11) is 0. The fourth-order valence-corrected chi connectivity index (χ4v) is 3.98. The van der Waals surface area contributed by atoms with E-state index in [2.05, 4.69) is 37.2 Å². The molecule has 31 heavy (non-hydrogen) atoms. The molecule has 0 atom stereocenters. The molecule has 3 amide bonds. The summed E-state index contributed by atoms with van der Waals surface area (Å²) in [5, 5.41) is 3.05. The number of nitrogens with one attached hydrogen (secondary N) is 1. The van der Waals surface area contributed by atoms with Crippen LogP contribution in [0.5, 0.6) is 5.75 Å². The minimum Gasteiger partial charge on any atom is -0.488 e. The van der Waals surface area contributed by atoms with Gasteiger partial charge in [0.15, 0.2) is 0 Å². The van der Waals surface area contributed by atoms with E-state index in [-0.39, 0.29) is 5.70 Å². The Kier molecular flexibility index (Phi) is 6.46. The first-order valence-corrected chi connectivity index (χ1v) is 11.2. The molecule has 3 aromatic rings. The monoisotopic (exact) mass is 560 g/mol. The zero-order chi connectivity index (χ0) is 22.0. The summed E-state index contributed by atoms with van der Waals surface area (Å²) in [6.07, 6.45) is 1.62. The maximum absolute atomic E-state index is 12.8. The highest BCUT2D eigenvalue weighted by Gasteiger charge is 2.34. The quantitative estimate of drug-likeness (QED) is 0.284. The van der Waals surface area contributed by atoms with Gasteiger partial charge in [-0.3, -0.25) is 4.79 Å². The highest BCUT2D eigenvalue weighted by atomic mass is 79.9. The highest BCUT2D eigenvalue weighted by molar-refractivity contribution is 9.10. The Balaban J connectivity index is 1.49. The molecule has 1 aliphatic rings. The van der Waals surface area contributed by atoms with Crippen molar-refractivity contribution in [3.05, 3.63) is 97.5 Å². The van der Waals surface area contributed by atoms with Gasteiger partial charge in [0.1, 0.15) is 18.1 Å². The van der Waals surface area contributed by atoms with Crippen molar-refractivity contribution in [2.75, 3.05) is 4.90 Å². The van der Waals surface area contributed by atoms with Crippen LogP contribution in [-0.2, 0) is 11.4 Å². The lowest BCUT2D eigenvalue weighted by Crippen LogP contribution is -2.30. The van der Waals surface area contributed by atoms with Gasteiger partial charge in [-0.05, 0) is 75.6 Å². The number of hydrogen-bond donors (Lipinski definition) is 1. The fourth-order valence-electron chi connectivity index (χ4n) is 3.02. The molecule has 1 heterocycles. The van der Waals surface area contributed by atoms with Crippen LogP contribution >= 0.6 is 43.5 Å². The molecule has 5 nitrogen and oxygen atoms in total. The topological polar surface area (TPSA) is 58.6 Å². The molecule has 0 spiro atoms. The predicted octanol–water partition coefficient (Wildman–Crippen LogP) is 6.54. The highest BCUT2D eigenvalue weighted by Crippen LogP contribution is 2.29. The number of hydrogen-bond acceptors (Lipinski definition) is 3. The first-order valence-electron chi connectivity index (χ1n) is 9.20. The van der Waals surface area contributed by atoms with Gasteiger partial charge < -0.3 is 10.1 Å². The summed E-state index contributed by atoms with van der Waals surface area (Å²) < 4.78 is 7.62. The van der Waals surface area contributed by atoms with Crippen molar-refractivity contribution in [2.45, 2.75) is 6.61 Å². The predicted molar refractivity (Wildman–Crippen MR) is 128 cm³/mol. The van der Waals surface area contributed by atoms with Crippen LogP contribution in [0.4, 0.5) is 10.5 Å². The van der Waals surface area contributed by atoms with Gasteiger partial charge in [0.25, 0.3) is 5.91 Å². The first kappa shape index (κ1) is 21.6. The van der Waals surface area contributed by atoms with Gasteiger partial charge in [0.2, 0.25) is 0 Å². The maximum Gasteiger partial charge on any atom is 0.333 e. The number of ether oxygens (including phenoxy) is 1. The minimum absolute atomic E-state index is 0.181. The molecule has 0 saturated carbocycles. The summed E-state index contributed by atoms with van der Waals surface area (Å²) in [5.41, 5.74) is 2.37. The second-order valence-electron chi connectivity index (χ2n) is 6.71. The number of anilines is 1. The van der Waals surface area contributed by atoms with Crippen molar-refractivity contribution >= 4 is 67.2 Å². The lowest BCUT2D eigenvalue weighted by Gasteiger charge is -2.11. The molecule has 0 aliphatic carbocycles. The fraction of sp³-hybridized carbons (Fsp3) is 0.0435. The van der Waals surface area contributed by atoms with Crippen LogP contribution < -0.4 is 15.0 Å². The number of nitrogens with zero attached hydrogens (tertiary/aromatic N) is 1. The lowest BCUT2D eigenvalue weighted by atomic mass is 10.1. The van der Waals surface area contributed by atoms with E-state index in [9.17, 15) is 9.59 Å². The lowest BCUT2D eigenvalue weighted by molar-refractivity contribution is -0.113. The third kappa shape index (κ3) is 5.01. The third-order valence-electron chi connectivity index (χ3n) is 4.52. The van der Waals surface area contributed by atoms with Gasteiger partial charge in [-0.2, -0.15) is 0 Å². The number of imide groups is 1. The van der Waals surface area contributed by atoms with Gasteiger partial charge in [-0.1, -0.05) is 51.8 Å². The summed E-state index contributed by atoms with van der Waals surface area (Å²) in [6.45, 7) is 0.426. The van der Waals surface area contributed by atoms with Crippen molar-refractivity contribution in [2.24, 2.45) is 0 Å². The Morgan fingerprint density at radius 1 is 1.00 bits per heavy atom. The normalized spacial score (nSPS) is 14.8. The SMILES string of the molecule is O=C1N/C(=C/c2ccc(OCc3ccc(Br)cc3)c(Br)c2)C(=O)N1c1cccc(Cl)c1. The van der Waals surface area contributed by atoms with Crippen LogP contribution in [0.15, 0.2) is 81.4 Å². The Bertz CT molecular complexity index is 1200. The zero-order valence-electron chi connectivity index (χ0n) is 15.9. The average Bonchev–Trinajstić information content (AvgIpc) is 3.01. The zero-order valence-corrected chi connectivity index (χ0v) is 19.9. The molecule has 1 fully saturated rings. The van der Waals surface area contributed by atoms with Gasteiger partial charge in [-0.15, -0.1) is 0 Å². The number of carbonyl (C=O) groups excluding carboxylic acids is 2. The second-order valence-corrected chi connectivity index (χ2v) is 8.92. The summed E-state index contributed by atoms with van der Waals surface area (Å²) >= 11 is 12.9. The van der Waals surface area contributed by atoms with E-state index in [0.717, 1.165) is 25.0 Å². The molecule has 1 saturated heterocycles. The van der Waals surface area contributed by atoms with E-state index in [0.29, 0.717) is 23.1 Å². The van der Waals surface area contributed by atoms with Gasteiger partial charge in [0.05, 0.1) is 10.2 Å². The van der Waals surface area contributed by atoms with E-state index in [1.165, 1.54) is 0 Å². The number of amides is 3. The molecule has 0 radical (unpaired) electrons. The van der Waals surface area contributed by atoms with Crippen LogP contribution in [0.3, 0.4) is 0 Å². The van der Waals surface area contributed by atoms with Crippen molar-refractivity contribution < 1.29 is 14.3 Å². The number of halogens is 3. The van der Waals surface area contributed by atoms with Gasteiger partial charge in [0, 0.05) is 9.50 Å². The molecule has 0 aromatic heterocycles. The molecular weight excluding hydrogens is 548 g/mol. The maximum atomic E-state index is 12.8. The number of benzene rings is 3. The molecule has 0 bridgehead atoms. The van der Waals surface area contributed by atoms with Crippen LogP contribution in [-0.4, -0.2) is 11.9 Å². The van der Waals surface area contributed by atoms with Gasteiger partial charge >= 0.3 is 6.03 Å². The van der Waals surface area contributed by atoms with Gasteiger partial charge in [-0.25, -0.2) is 9.69 Å². The van der Waals surface area contributed by atoms with Crippen LogP contribution in [0.25, 0.3) is 6.08 Å². The van der Waals surface area contributed by atoms with Crippen LogP contribution in [0.2, 0.25) is 5.02 Å². The minimum atomic E-state index is -0.521. The standard InChI is InChI=1S/C23H15Br2ClN2O3/c24-16-7-4-14(5-8-16)13-31-21-9-6-15(10-19(21)25)11-20-22(29)28(23(30)27-20)18-3-1-2-17(26)12-18/h1-12H,13H2,(H,27,30)/b20-11+. The Morgan fingerprint density at radius 2 is 1.77 bits per heavy atom. The molecule has 4 rings (SSSR count). The number of carbonyl (C=O) groups is 2. The molecule has 1 N–H and O–H groups in total. The van der Waals surface area contributed by atoms with Crippen molar-refractivity contribution in [1.82, 2.24) is 5.32 Å². The summed E-state index contributed by atoms with van der Waals surface area (Å²) in [6, 6.07) is 19.4. The number of rotatable bonds is 5. The second kappa shape index (κ2) is 9.26. The van der Waals surface area contributed by atoms with Crippen molar-refractivity contribution in [3.8, 4) is 5.75 Å². The van der Waals surface area contributed by atoms with E-state index >= 15 is 0 Å². The largest absolute Gasteiger partial charge is 0.488 e. The molecule has 8 heteroatoms. The molecular formula is C23H15Br2ClN2O3. The summed E-state index contributed by atoms with van der Waals surface area (Å²) in [4.78, 5) is 26.2. The van der Waals surface area contributed by atoms with E-state index in [4.69, 9.17) is 16.3 Å². The summed E-state index contributed by atoms with van der Waals surface area (Å²) in [5.74, 6) is 0.228. The molecule has 156 valence electrons. The van der Waals surface area contributed by atoms with Crippen molar-refractivity contribution in [1.29, 1.82) is 0 Å². The first-order chi connectivity index (χ1) is 14.9. The Hall–Kier alpha value is -2.61. The van der Waals surface area contributed by atoms with E-state index in [1.807, 2.05) is 42.5 Å². The molecule has 3 aromatic carbocycles. The Morgan fingerprint density at radius 3 is 2.48 bits per heavy atom. The van der Waals surface area contributed by atoms with Crippen molar-refractivity contribution in [3.63, 3.8) is 0 Å².